The molecule has 0 aliphatic carbocycles. The summed E-state index contributed by atoms with van der Waals surface area (Å²) in [5, 5.41) is 4.06. The van der Waals surface area contributed by atoms with Crippen LogP contribution in [0.15, 0.2) is 53.7 Å². The van der Waals surface area contributed by atoms with Gasteiger partial charge < -0.3 is 14.1 Å². The number of aryl methyl sites for hydroxylation is 1. The van der Waals surface area contributed by atoms with Gasteiger partial charge in [0.15, 0.2) is 5.71 Å². The van der Waals surface area contributed by atoms with Crippen molar-refractivity contribution in [2.45, 2.75) is 26.4 Å². The third kappa shape index (κ3) is 3.61. The van der Waals surface area contributed by atoms with Crippen LogP contribution >= 0.6 is 0 Å². The van der Waals surface area contributed by atoms with E-state index in [1.54, 1.807) is 12.0 Å². The van der Waals surface area contributed by atoms with Gasteiger partial charge in [0.1, 0.15) is 12.4 Å². The Hall–Kier alpha value is -3.19. The quantitative estimate of drug-likeness (QED) is 0.435. The lowest BCUT2D eigenvalue weighted by Crippen LogP contribution is -2.31. The van der Waals surface area contributed by atoms with Gasteiger partial charge in [-0.1, -0.05) is 35.5 Å². The average Bonchev–Trinajstić information content (AvgIpc) is 3.22. The molecular weight excluding hydrogens is 368 g/mol. The summed E-state index contributed by atoms with van der Waals surface area (Å²) in [6.07, 6.45) is 0.867. The second-order valence-corrected chi connectivity index (χ2v) is 6.78. The number of carbonyl (C=O) groups is 1. The van der Waals surface area contributed by atoms with Crippen LogP contribution in [0.3, 0.4) is 0 Å². The monoisotopic (exact) mass is 392 g/mol. The third-order valence-corrected chi connectivity index (χ3v) is 4.95. The Kier molecular flexibility index (Phi) is 5.57. The Morgan fingerprint density at radius 1 is 1.10 bits per heavy atom. The summed E-state index contributed by atoms with van der Waals surface area (Å²) >= 11 is 0. The molecule has 2 aromatic carbocycles. The van der Waals surface area contributed by atoms with Gasteiger partial charge in [0.25, 0.3) is 5.91 Å². The Labute approximate surface area is 169 Å². The van der Waals surface area contributed by atoms with Crippen molar-refractivity contribution in [2.24, 2.45) is 5.16 Å². The van der Waals surface area contributed by atoms with Crippen molar-refractivity contribution in [3.05, 3.63) is 59.9 Å². The number of carbonyl (C=O) groups excluding carboxylic acids is 1. The van der Waals surface area contributed by atoms with E-state index in [-0.39, 0.29) is 5.91 Å². The van der Waals surface area contributed by atoms with Gasteiger partial charge in [0, 0.05) is 25.8 Å². The van der Waals surface area contributed by atoms with Crippen molar-refractivity contribution in [2.75, 3.05) is 25.2 Å². The SMILES string of the molecule is CCO/N=C1/C(=O)N(Cc2nc3ccccc3n2CCCOC)c2ccccc21. The second-order valence-electron chi connectivity index (χ2n) is 6.78. The van der Waals surface area contributed by atoms with Gasteiger partial charge in [-0.25, -0.2) is 4.98 Å². The molecule has 0 atom stereocenters. The van der Waals surface area contributed by atoms with Crippen LogP contribution in [0.4, 0.5) is 5.69 Å². The Balaban J connectivity index is 1.71. The number of para-hydroxylation sites is 3. The molecule has 29 heavy (non-hydrogen) atoms. The Bertz CT molecular complexity index is 1060. The molecule has 0 spiro atoms. The summed E-state index contributed by atoms with van der Waals surface area (Å²) < 4.78 is 7.38. The van der Waals surface area contributed by atoms with Crippen molar-refractivity contribution >= 4 is 28.3 Å². The summed E-state index contributed by atoms with van der Waals surface area (Å²) in [5.41, 5.74) is 3.92. The number of benzene rings is 2. The number of ether oxygens (including phenoxy) is 1. The van der Waals surface area contributed by atoms with Gasteiger partial charge in [-0.15, -0.1) is 0 Å². The van der Waals surface area contributed by atoms with Gasteiger partial charge in [0.05, 0.1) is 23.3 Å². The Morgan fingerprint density at radius 3 is 2.72 bits per heavy atom. The standard InChI is InChI=1S/C22H24N4O3/c1-3-29-24-21-16-9-4-6-11-18(16)26(22(21)27)15-20-23-17-10-5-7-12-19(17)25(20)13-8-14-28-2/h4-7,9-12H,3,8,13-15H2,1-2H3/b24-21+. The van der Waals surface area contributed by atoms with Crippen molar-refractivity contribution in [3.63, 3.8) is 0 Å². The van der Waals surface area contributed by atoms with Crippen LogP contribution in [0, 0.1) is 0 Å². The molecule has 0 N–H and O–H groups in total. The molecule has 4 rings (SSSR count). The van der Waals surface area contributed by atoms with Crippen LogP contribution in [0.5, 0.6) is 0 Å². The maximum Gasteiger partial charge on any atom is 0.281 e. The number of oxime groups is 1. The van der Waals surface area contributed by atoms with Crippen LogP contribution in [0.25, 0.3) is 11.0 Å². The lowest BCUT2D eigenvalue weighted by Gasteiger charge is -2.17. The molecule has 0 radical (unpaired) electrons. The summed E-state index contributed by atoms with van der Waals surface area (Å²) in [6, 6.07) is 15.7. The van der Waals surface area contributed by atoms with Crippen LogP contribution in [-0.2, 0) is 27.5 Å². The molecule has 7 heteroatoms. The zero-order valence-corrected chi connectivity index (χ0v) is 16.7. The van der Waals surface area contributed by atoms with Crippen molar-refractivity contribution in [1.82, 2.24) is 9.55 Å². The maximum atomic E-state index is 13.1. The highest BCUT2D eigenvalue weighted by Crippen LogP contribution is 2.31. The van der Waals surface area contributed by atoms with E-state index >= 15 is 0 Å². The highest BCUT2D eigenvalue weighted by molar-refractivity contribution is 6.54. The first kappa shape index (κ1) is 19.1. The number of hydrogen-bond donors (Lipinski definition) is 0. The molecule has 150 valence electrons. The number of hydrogen-bond acceptors (Lipinski definition) is 5. The molecule has 1 aliphatic heterocycles. The molecule has 0 bridgehead atoms. The lowest BCUT2D eigenvalue weighted by atomic mass is 10.1. The van der Waals surface area contributed by atoms with Crippen LogP contribution in [-0.4, -0.2) is 41.5 Å². The first-order valence-corrected chi connectivity index (χ1v) is 9.79. The fourth-order valence-corrected chi connectivity index (χ4v) is 3.64. The van der Waals surface area contributed by atoms with Gasteiger partial charge in [-0.05, 0) is 31.5 Å². The summed E-state index contributed by atoms with van der Waals surface area (Å²) in [5.74, 6) is 0.665. The minimum absolute atomic E-state index is 0.171. The topological polar surface area (TPSA) is 69.0 Å². The van der Waals surface area contributed by atoms with E-state index in [2.05, 4.69) is 15.8 Å². The number of fused-ring (bicyclic) bond motifs is 2. The molecule has 0 saturated carbocycles. The molecule has 7 nitrogen and oxygen atoms in total. The van der Waals surface area contributed by atoms with E-state index in [0.717, 1.165) is 41.1 Å². The summed E-state index contributed by atoms with van der Waals surface area (Å²) in [4.78, 5) is 24.8. The largest absolute Gasteiger partial charge is 0.395 e. The van der Waals surface area contributed by atoms with Crippen molar-refractivity contribution in [3.8, 4) is 0 Å². The highest BCUT2D eigenvalue weighted by atomic mass is 16.6. The van der Waals surface area contributed by atoms with Gasteiger partial charge >= 0.3 is 0 Å². The third-order valence-electron chi connectivity index (χ3n) is 4.95. The molecule has 1 aliphatic rings. The minimum Gasteiger partial charge on any atom is -0.395 e. The number of rotatable bonds is 8. The number of nitrogens with zero attached hydrogens (tertiary/aromatic N) is 4. The molecule has 0 unspecified atom stereocenters. The van der Waals surface area contributed by atoms with Crippen LogP contribution < -0.4 is 4.90 Å². The molecule has 3 aromatic rings. The average molecular weight is 392 g/mol. The van der Waals surface area contributed by atoms with Gasteiger partial charge in [0.2, 0.25) is 0 Å². The summed E-state index contributed by atoms with van der Waals surface area (Å²) in [6.45, 7) is 4.06. The zero-order valence-electron chi connectivity index (χ0n) is 16.7. The van der Waals surface area contributed by atoms with E-state index < -0.39 is 0 Å². The fourth-order valence-electron chi connectivity index (χ4n) is 3.64. The van der Waals surface area contributed by atoms with E-state index in [9.17, 15) is 4.79 Å². The lowest BCUT2D eigenvalue weighted by molar-refractivity contribution is -0.112. The summed E-state index contributed by atoms with van der Waals surface area (Å²) in [7, 11) is 1.70. The smallest absolute Gasteiger partial charge is 0.281 e. The van der Waals surface area contributed by atoms with E-state index in [4.69, 9.17) is 14.6 Å². The molecule has 0 fully saturated rings. The molecule has 0 saturated heterocycles. The molecule has 2 heterocycles. The maximum absolute atomic E-state index is 13.1. The fraction of sp³-hybridized carbons (Fsp3) is 0.318. The van der Waals surface area contributed by atoms with Gasteiger partial charge in [-0.2, -0.15) is 0 Å². The minimum atomic E-state index is -0.171. The highest BCUT2D eigenvalue weighted by Gasteiger charge is 2.35. The van der Waals surface area contributed by atoms with E-state index in [1.165, 1.54) is 0 Å². The first-order valence-electron chi connectivity index (χ1n) is 9.79. The molecule has 1 aromatic heterocycles. The van der Waals surface area contributed by atoms with Crippen molar-refractivity contribution < 1.29 is 14.4 Å². The van der Waals surface area contributed by atoms with E-state index in [1.807, 2.05) is 49.4 Å². The predicted molar refractivity (Wildman–Crippen MR) is 112 cm³/mol. The number of imidazole rings is 1. The number of amides is 1. The van der Waals surface area contributed by atoms with Gasteiger partial charge in [-0.3, -0.25) is 9.69 Å². The number of anilines is 1. The zero-order chi connectivity index (χ0) is 20.2. The van der Waals surface area contributed by atoms with Crippen molar-refractivity contribution in [1.29, 1.82) is 0 Å². The van der Waals surface area contributed by atoms with Crippen LogP contribution in [0.1, 0.15) is 24.7 Å². The first-order chi connectivity index (χ1) is 14.2. The van der Waals surface area contributed by atoms with E-state index in [0.29, 0.717) is 25.5 Å². The molecule has 1 amide bonds. The normalized spacial score (nSPS) is 14.8. The number of aromatic nitrogens is 2. The second kappa shape index (κ2) is 8.45. The number of methoxy groups -OCH3 is 1. The Morgan fingerprint density at radius 2 is 1.90 bits per heavy atom. The predicted octanol–water partition coefficient (Wildman–Crippen LogP) is 3.36. The van der Waals surface area contributed by atoms with Crippen LogP contribution in [0.2, 0.25) is 0 Å². The molecular formula is C22H24N4O3.